The first-order valence-corrected chi connectivity index (χ1v) is 9.56. The Morgan fingerprint density at radius 1 is 0.452 bits per heavy atom. The standard InChI is InChI=1S/C25H16F4N2/c26-21-17(9-11-19(30)23(21)28)25(18-10-12-20(31)24(29)22(18)27)15-7-3-1-5-13(15)14-6-2-4-8-16(14)25/h1-12H,30-31H2. The van der Waals surface area contributed by atoms with E-state index in [9.17, 15) is 8.78 Å². The van der Waals surface area contributed by atoms with E-state index in [1.807, 2.05) is 12.1 Å². The van der Waals surface area contributed by atoms with Crippen molar-refractivity contribution in [1.29, 1.82) is 0 Å². The van der Waals surface area contributed by atoms with Gasteiger partial charge in [-0.15, -0.1) is 0 Å². The van der Waals surface area contributed by atoms with Gasteiger partial charge in [0, 0.05) is 11.1 Å². The SMILES string of the molecule is Nc1ccc(C2(c3ccc(N)c(F)c3F)c3ccccc3-c3ccccc32)c(F)c1F. The van der Waals surface area contributed by atoms with Crippen molar-refractivity contribution in [2.24, 2.45) is 0 Å². The smallest absolute Gasteiger partial charge is 0.181 e. The molecular weight excluding hydrogens is 404 g/mol. The van der Waals surface area contributed by atoms with E-state index < -0.39 is 28.7 Å². The van der Waals surface area contributed by atoms with Crippen LogP contribution in [0.25, 0.3) is 11.1 Å². The number of nitrogens with two attached hydrogens (primary N) is 2. The number of rotatable bonds is 2. The minimum atomic E-state index is -1.65. The topological polar surface area (TPSA) is 52.0 Å². The summed E-state index contributed by atoms with van der Waals surface area (Å²) in [6, 6.07) is 19.2. The first kappa shape index (κ1) is 19.2. The Labute approximate surface area is 175 Å². The van der Waals surface area contributed by atoms with E-state index in [4.69, 9.17) is 11.5 Å². The molecule has 0 aromatic heterocycles. The van der Waals surface area contributed by atoms with Crippen LogP contribution < -0.4 is 11.5 Å². The number of nitrogen functional groups attached to an aromatic ring is 2. The van der Waals surface area contributed by atoms with Gasteiger partial charge >= 0.3 is 0 Å². The molecule has 1 aliphatic carbocycles. The molecule has 0 radical (unpaired) electrons. The van der Waals surface area contributed by atoms with Crippen molar-refractivity contribution >= 4 is 11.4 Å². The molecular formula is C25H16F4N2. The molecule has 154 valence electrons. The Morgan fingerprint density at radius 3 is 1.26 bits per heavy atom. The van der Waals surface area contributed by atoms with Gasteiger partial charge in [0.2, 0.25) is 0 Å². The fourth-order valence-electron chi connectivity index (χ4n) is 4.67. The average Bonchev–Trinajstić information content (AvgIpc) is 3.07. The molecule has 0 bridgehead atoms. The van der Waals surface area contributed by atoms with Crippen molar-refractivity contribution in [3.8, 4) is 11.1 Å². The predicted octanol–water partition coefficient (Wildman–Crippen LogP) is 5.77. The molecule has 0 saturated carbocycles. The third-order valence-corrected chi connectivity index (χ3v) is 5.98. The summed E-state index contributed by atoms with van der Waals surface area (Å²) in [5.41, 5.74) is 10.8. The van der Waals surface area contributed by atoms with E-state index >= 15 is 8.78 Å². The highest BCUT2D eigenvalue weighted by atomic mass is 19.2. The molecule has 6 heteroatoms. The van der Waals surface area contributed by atoms with E-state index in [1.54, 1.807) is 36.4 Å². The van der Waals surface area contributed by atoms with Crippen LogP contribution in [-0.4, -0.2) is 0 Å². The Balaban J connectivity index is 2.04. The quantitative estimate of drug-likeness (QED) is 0.281. The van der Waals surface area contributed by atoms with Crippen molar-refractivity contribution in [2.45, 2.75) is 5.41 Å². The number of hydrogen-bond donors (Lipinski definition) is 2. The monoisotopic (exact) mass is 420 g/mol. The molecule has 2 nitrogen and oxygen atoms in total. The number of benzene rings is 4. The van der Waals surface area contributed by atoms with Gasteiger partial charge in [-0.2, -0.15) is 0 Å². The summed E-state index contributed by atoms with van der Waals surface area (Å²) in [5, 5.41) is 0. The highest BCUT2D eigenvalue weighted by molar-refractivity contribution is 5.86. The summed E-state index contributed by atoms with van der Waals surface area (Å²) in [7, 11) is 0. The van der Waals surface area contributed by atoms with Crippen molar-refractivity contribution in [3.05, 3.63) is 118 Å². The molecule has 5 rings (SSSR count). The summed E-state index contributed by atoms with van der Waals surface area (Å²) < 4.78 is 60.2. The average molecular weight is 420 g/mol. The van der Waals surface area contributed by atoms with Crippen LogP contribution in [0.5, 0.6) is 0 Å². The molecule has 0 amide bonds. The molecule has 0 unspecified atom stereocenters. The van der Waals surface area contributed by atoms with E-state index in [1.165, 1.54) is 24.3 Å². The molecule has 0 spiro atoms. The molecule has 0 aliphatic heterocycles. The zero-order valence-corrected chi connectivity index (χ0v) is 16.1. The van der Waals surface area contributed by atoms with E-state index in [0.717, 1.165) is 0 Å². The summed E-state index contributed by atoms with van der Waals surface area (Å²) in [6.45, 7) is 0. The van der Waals surface area contributed by atoms with Crippen molar-refractivity contribution in [2.75, 3.05) is 11.5 Å². The minimum Gasteiger partial charge on any atom is -0.396 e. The third-order valence-electron chi connectivity index (χ3n) is 5.98. The summed E-state index contributed by atoms with van der Waals surface area (Å²) in [5.74, 6) is -4.92. The van der Waals surface area contributed by atoms with Crippen molar-refractivity contribution in [1.82, 2.24) is 0 Å². The molecule has 0 atom stereocenters. The summed E-state index contributed by atoms with van der Waals surface area (Å²) >= 11 is 0. The maximum atomic E-state index is 15.4. The van der Waals surface area contributed by atoms with Crippen LogP contribution in [0.4, 0.5) is 28.9 Å². The van der Waals surface area contributed by atoms with Crippen LogP contribution >= 0.6 is 0 Å². The fraction of sp³-hybridized carbons (Fsp3) is 0.0400. The van der Waals surface area contributed by atoms with Gasteiger partial charge in [0.05, 0.1) is 16.8 Å². The number of fused-ring (bicyclic) bond motifs is 3. The lowest BCUT2D eigenvalue weighted by Crippen LogP contribution is -2.32. The van der Waals surface area contributed by atoms with Crippen molar-refractivity contribution in [3.63, 3.8) is 0 Å². The van der Waals surface area contributed by atoms with Gasteiger partial charge in [0.15, 0.2) is 23.3 Å². The number of anilines is 2. The normalized spacial score (nSPS) is 13.7. The van der Waals surface area contributed by atoms with E-state index in [0.29, 0.717) is 22.3 Å². The third kappa shape index (κ3) is 2.39. The van der Waals surface area contributed by atoms with Crippen LogP contribution in [0.1, 0.15) is 22.3 Å². The first-order chi connectivity index (χ1) is 14.9. The van der Waals surface area contributed by atoms with Crippen LogP contribution in [0.2, 0.25) is 0 Å². The molecule has 0 heterocycles. The van der Waals surface area contributed by atoms with Gasteiger partial charge in [0.25, 0.3) is 0 Å². The van der Waals surface area contributed by atoms with Crippen LogP contribution in [0, 0.1) is 23.3 Å². The van der Waals surface area contributed by atoms with Crippen molar-refractivity contribution < 1.29 is 17.6 Å². The summed E-state index contributed by atoms with van der Waals surface area (Å²) in [4.78, 5) is 0. The highest BCUT2D eigenvalue weighted by Gasteiger charge is 2.49. The minimum absolute atomic E-state index is 0.167. The molecule has 0 saturated heterocycles. The van der Waals surface area contributed by atoms with Gasteiger partial charge in [0.1, 0.15) is 0 Å². The largest absolute Gasteiger partial charge is 0.396 e. The zero-order chi connectivity index (χ0) is 21.9. The molecule has 4 aromatic carbocycles. The van der Waals surface area contributed by atoms with E-state index in [-0.39, 0.29) is 22.5 Å². The summed E-state index contributed by atoms with van der Waals surface area (Å²) in [6.07, 6.45) is 0. The highest BCUT2D eigenvalue weighted by Crippen LogP contribution is 2.57. The lowest BCUT2D eigenvalue weighted by atomic mass is 9.67. The van der Waals surface area contributed by atoms with Gasteiger partial charge in [-0.1, -0.05) is 60.7 Å². The van der Waals surface area contributed by atoms with Gasteiger partial charge in [-0.25, -0.2) is 17.6 Å². The molecule has 31 heavy (non-hydrogen) atoms. The van der Waals surface area contributed by atoms with Gasteiger partial charge in [-0.05, 0) is 34.4 Å². The second-order valence-electron chi connectivity index (χ2n) is 7.50. The number of hydrogen-bond acceptors (Lipinski definition) is 2. The Kier molecular flexibility index (Phi) is 4.09. The molecule has 4 N–H and O–H groups in total. The van der Waals surface area contributed by atoms with Crippen LogP contribution in [-0.2, 0) is 5.41 Å². The van der Waals surface area contributed by atoms with Crippen LogP contribution in [0.15, 0.2) is 72.8 Å². The second kappa shape index (κ2) is 6.60. The molecule has 4 aromatic rings. The Morgan fingerprint density at radius 2 is 0.839 bits per heavy atom. The Bertz CT molecular complexity index is 1260. The molecule has 0 fully saturated rings. The zero-order valence-electron chi connectivity index (χ0n) is 16.1. The number of halogens is 4. The van der Waals surface area contributed by atoms with Gasteiger partial charge in [-0.3, -0.25) is 0 Å². The van der Waals surface area contributed by atoms with Gasteiger partial charge < -0.3 is 11.5 Å². The van der Waals surface area contributed by atoms with Crippen LogP contribution in [0.3, 0.4) is 0 Å². The fourth-order valence-corrected chi connectivity index (χ4v) is 4.67. The second-order valence-corrected chi connectivity index (χ2v) is 7.50. The predicted molar refractivity (Wildman–Crippen MR) is 112 cm³/mol. The maximum Gasteiger partial charge on any atom is 0.181 e. The molecule has 1 aliphatic rings. The van der Waals surface area contributed by atoms with E-state index in [2.05, 4.69) is 0 Å². The first-order valence-electron chi connectivity index (χ1n) is 9.56. The lowest BCUT2D eigenvalue weighted by molar-refractivity contribution is 0.472. The maximum absolute atomic E-state index is 15.4. The Hall–Kier alpha value is -3.80. The lowest BCUT2D eigenvalue weighted by Gasteiger charge is -2.34.